The van der Waals surface area contributed by atoms with E-state index in [-0.39, 0.29) is 0 Å². The van der Waals surface area contributed by atoms with E-state index in [1.54, 1.807) is 0 Å². The summed E-state index contributed by atoms with van der Waals surface area (Å²) in [7, 11) is 0. The van der Waals surface area contributed by atoms with Gasteiger partial charge in [-0.2, -0.15) is 0 Å². The van der Waals surface area contributed by atoms with Gasteiger partial charge in [0.1, 0.15) is 5.78 Å². The summed E-state index contributed by atoms with van der Waals surface area (Å²) >= 11 is 0. The van der Waals surface area contributed by atoms with Gasteiger partial charge < -0.3 is 0 Å². The summed E-state index contributed by atoms with van der Waals surface area (Å²) in [6.45, 7) is 2.44. The Morgan fingerprint density at radius 1 is 0.944 bits per heavy atom. The Labute approximate surface area is 111 Å². The molecule has 2 saturated heterocycles. The molecule has 2 aliphatic heterocycles. The van der Waals surface area contributed by atoms with Gasteiger partial charge in [-0.05, 0) is 38.5 Å². The molecular weight excluding hydrogens is 222 g/mol. The summed E-state index contributed by atoms with van der Waals surface area (Å²) in [6, 6.07) is 1.89. The van der Waals surface area contributed by atoms with Crippen molar-refractivity contribution < 1.29 is 4.79 Å². The fraction of sp³-hybridized carbons (Fsp3) is 0.938. The number of hydrogen-bond acceptors (Lipinski definition) is 2. The Morgan fingerprint density at radius 2 is 1.56 bits per heavy atom. The largest absolute Gasteiger partial charge is 0.300 e. The number of hydrogen-bond donors (Lipinski definition) is 0. The highest BCUT2D eigenvalue weighted by Gasteiger charge is 2.41. The van der Waals surface area contributed by atoms with Crippen LogP contribution in [0.1, 0.15) is 71.1 Å². The normalized spacial score (nSPS) is 36.6. The number of piperidine rings is 2. The van der Waals surface area contributed by atoms with Crippen LogP contribution < -0.4 is 0 Å². The van der Waals surface area contributed by atoms with Gasteiger partial charge in [0, 0.05) is 31.0 Å². The van der Waals surface area contributed by atoms with Gasteiger partial charge in [0.25, 0.3) is 0 Å². The van der Waals surface area contributed by atoms with Crippen LogP contribution >= 0.6 is 0 Å². The van der Waals surface area contributed by atoms with Crippen molar-refractivity contribution in [3.05, 3.63) is 0 Å². The third-order valence-corrected chi connectivity index (χ3v) is 5.65. The zero-order valence-electron chi connectivity index (χ0n) is 11.7. The van der Waals surface area contributed by atoms with Gasteiger partial charge in [-0.15, -0.1) is 0 Å². The van der Waals surface area contributed by atoms with Gasteiger partial charge in [0.15, 0.2) is 0 Å². The standard InChI is InChI=1S/C16H27NO/c1-12(13-6-3-2-4-7-13)17-14-8-5-9-15(17)11-16(18)10-14/h12-15H,2-11H2,1H3. The van der Waals surface area contributed by atoms with Crippen LogP contribution in [0.5, 0.6) is 0 Å². The molecule has 0 aromatic rings. The van der Waals surface area contributed by atoms with E-state index >= 15 is 0 Å². The molecule has 0 aromatic carbocycles. The number of ketones is 1. The molecule has 18 heavy (non-hydrogen) atoms. The van der Waals surface area contributed by atoms with Crippen molar-refractivity contribution in [2.45, 2.75) is 89.3 Å². The molecule has 3 fully saturated rings. The maximum Gasteiger partial charge on any atom is 0.136 e. The molecule has 2 nitrogen and oxygen atoms in total. The lowest BCUT2D eigenvalue weighted by Gasteiger charge is -2.51. The molecule has 3 atom stereocenters. The second kappa shape index (κ2) is 5.32. The highest BCUT2D eigenvalue weighted by molar-refractivity contribution is 5.80. The van der Waals surface area contributed by atoms with Crippen molar-refractivity contribution in [3.63, 3.8) is 0 Å². The van der Waals surface area contributed by atoms with Gasteiger partial charge in [-0.25, -0.2) is 0 Å². The molecule has 3 rings (SSSR count). The molecule has 0 N–H and O–H groups in total. The van der Waals surface area contributed by atoms with E-state index in [1.165, 1.54) is 51.4 Å². The van der Waals surface area contributed by atoms with Crippen LogP contribution in [0.25, 0.3) is 0 Å². The van der Waals surface area contributed by atoms with Crippen LogP contribution in [0.4, 0.5) is 0 Å². The zero-order chi connectivity index (χ0) is 12.5. The van der Waals surface area contributed by atoms with Crippen molar-refractivity contribution >= 4 is 5.78 Å². The van der Waals surface area contributed by atoms with Crippen LogP contribution in [-0.2, 0) is 4.79 Å². The average molecular weight is 249 g/mol. The topological polar surface area (TPSA) is 20.3 Å². The Morgan fingerprint density at radius 3 is 2.17 bits per heavy atom. The van der Waals surface area contributed by atoms with Crippen LogP contribution in [0, 0.1) is 5.92 Å². The van der Waals surface area contributed by atoms with E-state index in [2.05, 4.69) is 11.8 Å². The fourth-order valence-electron chi connectivity index (χ4n) is 4.73. The van der Waals surface area contributed by atoms with Crippen LogP contribution in [0.15, 0.2) is 0 Å². The summed E-state index contributed by atoms with van der Waals surface area (Å²) in [5, 5.41) is 0. The predicted octanol–water partition coefficient (Wildman–Crippen LogP) is 3.54. The SMILES string of the molecule is CC(C1CCCCC1)N1C2CCCC1CC(=O)C2. The van der Waals surface area contributed by atoms with Gasteiger partial charge >= 0.3 is 0 Å². The maximum absolute atomic E-state index is 11.8. The van der Waals surface area contributed by atoms with Crippen molar-refractivity contribution in [2.75, 3.05) is 0 Å². The third-order valence-electron chi connectivity index (χ3n) is 5.65. The molecule has 3 unspecified atom stereocenters. The third kappa shape index (κ3) is 2.36. The number of Topliss-reactive ketones (excluding diaryl/α,β-unsaturated/α-hetero) is 1. The predicted molar refractivity (Wildman–Crippen MR) is 73.5 cm³/mol. The van der Waals surface area contributed by atoms with E-state index in [1.807, 2.05) is 0 Å². The molecule has 1 saturated carbocycles. The van der Waals surface area contributed by atoms with E-state index < -0.39 is 0 Å². The van der Waals surface area contributed by atoms with E-state index in [9.17, 15) is 4.79 Å². The molecule has 0 spiro atoms. The quantitative estimate of drug-likeness (QED) is 0.746. The minimum atomic E-state index is 0.525. The molecule has 3 aliphatic rings. The molecule has 0 radical (unpaired) electrons. The Kier molecular flexibility index (Phi) is 3.74. The molecule has 102 valence electrons. The minimum absolute atomic E-state index is 0.525. The monoisotopic (exact) mass is 249 g/mol. The Balaban J connectivity index is 1.71. The molecule has 1 aliphatic carbocycles. The van der Waals surface area contributed by atoms with Gasteiger partial charge in [-0.1, -0.05) is 25.7 Å². The lowest BCUT2D eigenvalue weighted by Crippen LogP contribution is -2.57. The highest BCUT2D eigenvalue weighted by Crippen LogP contribution is 2.38. The van der Waals surface area contributed by atoms with Gasteiger partial charge in [0.2, 0.25) is 0 Å². The fourth-order valence-corrected chi connectivity index (χ4v) is 4.73. The van der Waals surface area contributed by atoms with Crippen LogP contribution in [-0.4, -0.2) is 28.8 Å². The Bertz CT molecular complexity index is 292. The first-order valence-electron chi connectivity index (χ1n) is 8.05. The Hall–Kier alpha value is -0.370. The molecule has 2 heterocycles. The summed E-state index contributed by atoms with van der Waals surface area (Å²) < 4.78 is 0. The highest BCUT2D eigenvalue weighted by atomic mass is 16.1. The number of carbonyl (C=O) groups is 1. The summed E-state index contributed by atoms with van der Waals surface area (Å²) in [6.07, 6.45) is 12.7. The maximum atomic E-state index is 11.8. The molecular formula is C16H27NO. The molecule has 0 amide bonds. The van der Waals surface area contributed by atoms with Crippen LogP contribution in [0.3, 0.4) is 0 Å². The molecule has 2 heteroatoms. The van der Waals surface area contributed by atoms with E-state index in [0.29, 0.717) is 23.9 Å². The van der Waals surface area contributed by atoms with E-state index in [0.717, 1.165) is 18.8 Å². The van der Waals surface area contributed by atoms with Gasteiger partial charge in [-0.3, -0.25) is 9.69 Å². The number of carbonyl (C=O) groups excluding carboxylic acids is 1. The lowest BCUT2D eigenvalue weighted by molar-refractivity contribution is -0.129. The number of fused-ring (bicyclic) bond motifs is 2. The lowest BCUT2D eigenvalue weighted by atomic mass is 9.78. The smallest absolute Gasteiger partial charge is 0.136 e. The molecule has 2 bridgehead atoms. The first-order valence-corrected chi connectivity index (χ1v) is 8.05. The number of rotatable bonds is 2. The van der Waals surface area contributed by atoms with Crippen molar-refractivity contribution in [1.82, 2.24) is 4.90 Å². The van der Waals surface area contributed by atoms with Crippen LogP contribution in [0.2, 0.25) is 0 Å². The summed E-state index contributed by atoms with van der Waals surface area (Å²) in [5.74, 6) is 1.42. The first-order chi connectivity index (χ1) is 8.75. The average Bonchev–Trinajstić information content (AvgIpc) is 2.38. The van der Waals surface area contributed by atoms with E-state index in [4.69, 9.17) is 0 Å². The van der Waals surface area contributed by atoms with Crippen molar-refractivity contribution in [3.8, 4) is 0 Å². The van der Waals surface area contributed by atoms with Crippen molar-refractivity contribution in [1.29, 1.82) is 0 Å². The van der Waals surface area contributed by atoms with Gasteiger partial charge in [0.05, 0.1) is 0 Å². The molecule has 0 aromatic heterocycles. The number of nitrogens with zero attached hydrogens (tertiary/aromatic N) is 1. The summed E-state index contributed by atoms with van der Waals surface area (Å²) in [5.41, 5.74) is 0. The minimum Gasteiger partial charge on any atom is -0.300 e. The van der Waals surface area contributed by atoms with Crippen molar-refractivity contribution in [2.24, 2.45) is 5.92 Å². The second-order valence-corrected chi connectivity index (χ2v) is 6.77. The zero-order valence-corrected chi connectivity index (χ0v) is 11.7. The summed E-state index contributed by atoms with van der Waals surface area (Å²) in [4.78, 5) is 14.6. The first kappa shape index (κ1) is 12.7. The second-order valence-electron chi connectivity index (χ2n) is 6.77.